The van der Waals surface area contributed by atoms with Gasteiger partial charge in [0, 0.05) is 24.9 Å². The smallest absolute Gasteiger partial charge is 0.263 e. The molecular weight excluding hydrogens is 419 g/mol. The molecule has 0 aliphatic rings. The van der Waals surface area contributed by atoms with Crippen molar-refractivity contribution in [1.82, 2.24) is 15.6 Å². The first-order valence-electron chi connectivity index (χ1n) is 9.55. The largest absolute Gasteiger partial charge is 0.370 e. The number of aromatic nitrogens is 1. The second-order valence-corrected chi connectivity index (χ2v) is 7.76. The maximum atomic E-state index is 14.0. The molecule has 0 saturated heterocycles. The lowest BCUT2D eigenvalue weighted by atomic mass is 10.1. The first-order chi connectivity index (χ1) is 14.9. The highest BCUT2D eigenvalue weighted by molar-refractivity contribution is 7.16. The predicted octanol–water partition coefficient (Wildman–Crippen LogP) is 2.28. The number of hydrogen-bond acceptors (Lipinski definition) is 5. The van der Waals surface area contributed by atoms with Gasteiger partial charge in [-0.3, -0.25) is 14.4 Å². The van der Waals surface area contributed by atoms with Crippen LogP contribution in [-0.4, -0.2) is 35.3 Å². The maximum absolute atomic E-state index is 14.0. The molecule has 0 radical (unpaired) electrons. The van der Waals surface area contributed by atoms with Crippen LogP contribution in [0.3, 0.4) is 0 Å². The van der Waals surface area contributed by atoms with Crippen LogP contribution in [-0.2, 0) is 16.0 Å². The van der Waals surface area contributed by atoms with Gasteiger partial charge in [-0.25, -0.2) is 9.37 Å². The molecule has 7 nitrogen and oxygen atoms in total. The summed E-state index contributed by atoms with van der Waals surface area (Å²) in [4.78, 5) is 40.7. The molecule has 4 N–H and O–H groups in total. The van der Waals surface area contributed by atoms with Crippen LogP contribution >= 0.6 is 11.3 Å². The van der Waals surface area contributed by atoms with E-state index in [1.165, 1.54) is 12.3 Å². The fourth-order valence-corrected chi connectivity index (χ4v) is 3.71. The Balaban J connectivity index is 1.73. The lowest BCUT2D eigenvalue weighted by molar-refractivity contribution is -0.123. The van der Waals surface area contributed by atoms with Gasteiger partial charge in [0.2, 0.25) is 11.8 Å². The fourth-order valence-electron chi connectivity index (χ4n) is 2.86. The van der Waals surface area contributed by atoms with Gasteiger partial charge in [0.25, 0.3) is 5.91 Å². The predicted molar refractivity (Wildman–Crippen MR) is 116 cm³/mol. The Morgan fingerprint density at radius 3 is 2.48 bits per heavy atom. The molecule has 3 amide bonds. The Bertz CT molecular complexity index is 1070. The maximum Gasteiger partial charge on any atom is 0.263 e. The number of thiazole rings is 1. The van der Waals surface area contributed by atoms with E-state index >= 15 is 0 Å². The lowest BCUT2D eigenvalue weighted by Gasteiger charge is -2.18. The minimum Gasteiger partial charge on any atom is -0.370 e. The molecule has 9 heteroatoms. The lowest BCUT2D eigenvalue weighted by Crippen LogP contribution is -2.48. The molecule has 31 heavy (non-hydrogen) atoms. The van der Waals surface area contributed by atoms with Crippen LogP contribution in [0, 0.1) is 5.82 Å². The van der Waals surface area contributed by atoms with Crippen molar-refractivity contribution < 1.29 is 18.8 Å². The van der Waals surface area contributed by atoms with E-state index in [0.717, 1.165) is 16.9 Å². The number of nitrogens with zero attached hydrogens (tertiary/aromatic N) is 1. The minimum absolute atomic E-state index is 0.00140. The summed E-state index contributed by atoms with van der Waals surface area (Å²) in [6.45, 7) is 0.0767. The molecule has 2 aromatic carbocycles. The van der Waals surface area contributed by atoms with Crippen molar-refractivity contribution >= 4 is 29.1 Å². The summed E-state index contributed by atoms with van der Waals surface area (Å²) in [5.41, 5.74) is 6.26. The second kappa shape index (κ2) is 10.4. The van der Waals surface area contributed by atoms with Crippen molar-refractivity contribution in [1.29, 1.82) is 0 Å². The number of hydrogen-bond donors (Lipinski definition) is 3. The van der Waals surface area contributed by atoms with Gasteiger partial charge in [-0.2, -0.15) is 0 Å². The average Bonchev–Trinajstić information content (AvgIpc) is 3.24. The van der Waals surface area contributed by atoms with E-state index in [2.05, 4.69) is 15.6 Å². The van der Waals surface area contributed by atoms with Crippen molar-refractivity contribution in [3.8, 4) is 10.6 Å². The molecule has 0 aliphatic carbocycles. The summed E-state index contributed by atoms with van der Waals surface area (Å²) in [7, 11) is 0. The number of carbonyl (C=O) groups is 3. The number of halogens is 1. The number of nitrogens with two attached hydrogens (primary N) is 1. The van der Waals surface area contributed by atoms with Gasteiger partial charge < -0.3 is 16.4 Å². The molecule has 0 aliphatic heterocycles. The summed E-state index contributed by atoms with van der Waals surface area (Å²) in [6, 6.07) is 14.5. The van der Waals surface area contributed by atoms with Crippen LogP contribution < -0.4 is 16.4 Å². The van der Waals surface area contributed by atoms with Gasteiger partial charge in [-0.05, 0) is 17.7 Å². The Morgan fingerprint density at radius 2 is 1.77 bits per heavy atom. The fraction of sp³-hybridized carbons (Fsp3) is 0.182. The van der Waals surface area contributed by atoms with Crippen molar-refractivity contribution in [2.45, 2.75) is 18.9 Å². The Kier molecular flexibility index (Phi) is 7.45. The number of amides is 3. The van der Waals surface area contributed by atoms with E-state index in [-0.39, 0.29) is 24.3 Å². The molecule has 160 valence electrons. The van der Waals surface area contributed by atoms with Gasteiger partial charge in [0.15, 0.2) is 0 Å². The zero-order chi connectivity index (χ0) is 22.2. The van der Waals surface area contributed by atoms with E-state index in [0.29, 0.717) is 10.6 Å². The molecule has 0 saturated carbocycles. The molecule has 0 bridgehead atoms. The first kappa shape index (κ1) is 22.1. The molecule has 1 atom stereocenters. The highest BCUT2D eigenvalue weighted by atomic mass is 32.1. The van der Waals surface area contributed by atoms with Crippen LogP contribution in [0.2, 0.25) is 0 Å². The number of nitrogens with one attached hydrogen (secondary N) is 2. The molecule has 3 aromatic rings. The highest BCUT2D eigenvalue weighted by Crippen LogP contribution is 2.27. The summed E-state index contributed by atoms with van der Waals surface area (Å²) in [5.74, 6) is -1.89. The third-order valence-electron chi connectivity index (χ3n) is 4.41. The zero-order valence-electron chi connectivity index (χ0n) is 16.5. The van der Waals surface area contributed by atoms with E-state index in [9.17, 15) is 18.8 Å². The van der Waals surface area contributed by atoms with E-state index < -0.39 is 29.6 Å². The molecule has 1 unspecified atom stereocenters. The molecule has 0 spiro atoms. The van der Waals surface area contributed by atoms with Crippen LogP contribution in [0.5, 0.6) is 0 Å². The van der Waals surface area contributed by atoms with Gasteiger partial charge in [0.05, 0.1) is 6.20 Å². The van der Waals surface area contributed by atoms with E-state index in [1.807, 2.05) is 30.3 Å². The number of primary amides is 1. The number of carbonyl (C=O) groups excluding carboxylic acids is 3. The minimum atomic E-state index is -0.873. The normalized spacial score (nSPS) is 11.5. The van der Waals surface area contributed by atoms with E-state index in [4.69, 9.17) is 5.73 Å². The van der Waals surface area contributed by atoms with E-state index in [1.54, 1.807) is 18.2 Å². The van der Waals surface area contributed by atoms with Crippen molar-refractivity contribution in [2.75, 3.05) is 6.54 Å². The highest BCUT2D eigenvalue weighted by Gasteiger charge is 2.23. The topological polar surface area (TPSA) is 114 Å². The summed E-state index contributed by atoms with van der Waals surface area (Å²) in [5, 5.41) is 5.69. The quantitative estimate of drug-likeness (QED) is 0.474. The summed E-state index contributed by atoms with van der Waals surface area (Å²) >= 11 is 1.03. The van der Waals surface area contributed by atoms with Gasteiger partial charge >= 0.3 is 0 Å². The Hall–Kier alpha value is -3.59. The van der Waals surface area contributed by atoms with Crippen molar-refractivity contribution in [2.24, 2.45) is 5.73 Å². The van der Waals surface area contributed by atoms with Gasteiger partial charge in [-0.15, -0.1) is 11.3 Å². The van der Waals surface area contributed by atoms with Crippen LogP contribution in [0.1, 0.15) is 21.7 Å². The molecule has 3 rings (SSSR count). The Labute approximate surface area is 182 Å². The number of benzene rings is 2. The monoisotopic (exact) mass is 440 g/mol. The molecular formula is C22H21FN4O3S. The van der Waals surface area contributed by atoms with Gasteiger partial charge in [0.1, 0.15) is 21.7 Å². The molecule has 1 heterocycles. The van der Waals surface area contributed by atoms with Gasteiger partial charge in [-0.1, -0.05) is 42.5 Å². The number of rotatable bonds is 9. The summed E-state index contributed by atoms with van der Waals surface area (Å²) < 4.78 is 14.0. The second-order valence-electron chi connectivity index (χ2n) is 6.73. The first-order valence-corrected chi connectivity index (χ1v) is 10.4. The van der Waals surface area contributed by atoms with Crippen LogP contribution in [0.15, 0.2) is 60.8 Å². The third-order valence-corrected chi connectivity index (χ3v) is 5.44. The van der Waals surface area contributed by atoms with Crippen LogP contribution in [0.4, 0.5) is 4.39 Å². The molecule has 0 fully saturated rings. The molecule has 1 aromatic heterocycles. The third kappa shape index (κ3) is 6.19. The Morgan fingerprint density at radius 1 is 1.06 bits per heavy atom. The van der Waals surface area contributed by atoms with Crippen molar-refractivity contribution in [3.05, 3.63) is 77.1 Å². The zero-order valence-corrected chi connectivity index (χ0v) is 17.3. The van der Waals surface area contributed by atoms with Crippen molar-refractivity contribution in [3.63, 3.8) is 0 Å². The SMILES string of the molecule is NC(=O)CCNC(=O)C(Cc1ccccc1)NC(=O)c1cnc(-c2ccccc2F)s1. The van der Waals surface area contributed by atoms with Crippen LogP contribution in [0.25, 0.3) is 10.6 Å². The standard InChI is InChI=1S/C22H21FN4O3S/c23-16-9-5-4-8-15(16)22-26-13-18(31-22)21(30)27-17(12-14-6-2-1-3-7-14)20(29)25-11-10-19(24)28/h1-9,13,17H,10-12H2,(H2,24,28)(H,25,29)(H,27,30). The average molecular weight is 441 g/mol. The summed E-state index contributed by atoms with van der Waals surface area (Å²) in [6.07, 6.45) is 1.61.